The predicted octanol–water partition coefficient (Wildman–Crippen LogP) is 5.00. The minimum absolute atomic E-state index is 0. The van der Waals surface area contributed by atoms with Gasteiger partial charge in [0, 0.05) is 37.4 Å². The van der Waals surface area contributed by atoms with E-state index in [0.717, 1.165) is 0 Å². The zero-order valence-corrected chi connectivity index (χ0v) is 21.4. The molecule has 1 amide bonds. The van der Waals surface area contributed by atoms with E-state index in [0.29, 0.717) is 54.2 Å². The van der Waals surface area contributed by atoms with E-state index in [-0.39, 0.29) is 50.8 Å². The molecule has 1 aliphatic rings. The molecule has 34 heavy (non-hydrogen) atoms. The normalized spacial score (nSPS) is 13.8. The maximum absolute atomic E-state index is 14.6. The fourth-order valence-electron chi connectivity index (χ4n) is 3.67. The average Bonchev–Trinajstić information content (AvgIpc) is 2.84. The van der Waals surface area contributed by atoms with Crippen molar-refractivity contribution in [3.8, 4) is 11.5 Å². The van der Waals surface area contributed by atoms with Crippen molar-refractivity contribution in [3.63, 3.8) is 0 Å². The summed E-state index contributed by atoms with van der Waals surface area (Å²) in [6.07, 6.45) is 3.93. The minimum Gasteiger partial charge on any atom is -0.493 e. The number of amides is 1. The third-order valence-corrected chi connectivity index (χ3v) is 6.21. The van der Waals surface area contributed by atoms with E-state index in [1.54, 1.807) is 24.1 Å². The van der Waals surface area contributed by atoms with Crippen molar-refractivity contribution in [2.75, 3.05) is 25.5 Å². The maximum atomic E-state index is 14.6. The van der Waals surface area contributed by atoms with Gasteiger partial charge in [0.1, 0.15) is 18.2 Å². The number of piperidine rings is 1. The number of benzene rings is 2. The molecule has 0 aliphatic carbocycles. The van der Waals surface area contributed by atoms with Crippen LogP contribution in [0.25, 0.3) is 10.9 Å². The van der Waals surface area contributed by atoms with Crippen LogP contribution in [0.15, 0.2) is 43.2 Å². The Kier molecular flexibility index (Phi) is 8.81. The average molecular weight is 516 g/mol. The van der Waals surface area contributed by atoms with Crippen LogP contribution in [0.5, 0.6) is 11.5 Å². The van der Waals surface area contributed by atoms with Crippen molar-refractivity contribution >= 4 is 74.6 Å². The number of nitrogens with zero attached hydrogens (tertiary/aromatic N) is 3. The Bertz CT molecular complexity index is 1220. The summed E-state index contributed by atoms with van der Waals surface area (Å²) in [7, 11) is 1.55. The summed E-state index contributed by atoms with van der Waals surface area (Å²) >= 11 is 11.8. The van der Waals surface area contributed by atoms with Crippen molar-refractivity contribution in [1.82, 2.24) is 14.9 Å². The van der Waals surface area contributed by atoms with Gasteiger partial charge in [-0.25, -0.2) is 14.4 Å². The van der Waals surface area contributed by atoms with E-state index < -0.39 is 5.82 Å². The van der Waals surface area contributed by atoms with Crippen LogP contribution in [0, 0.1) is 5.82 Å². The Hall–Kier alpha value is -2.33. The number of rotatable bonds is 6. The molecule has 7 nitrogen and oxygen atoms in total. The zero-order valence-electron chi connectivity index (χ0n) is 18.5. The number of halogens is 3. The van der Waals surface area contributed by atoms with Crippen molar-refractivity contribution in [3.05, 3.63) is 59.1 Å². The van der Waals surface area contributed by atoms with Gasteiger partial charge in [-0.3, -0.25) is 4.79 Å². The number of anilines is 2. The van der Waals surface area contributed by atoms with Gasteiger partial charge in [-0.15, -0.1) is 0 Å². The summed E-state index contributed by atoms with van der Waals surface area (Å²) < 4.78 is 26.3. The van der Waals surface area contributed by atoms with Gasteiger partial charge in [0.15, 0.2) is 17.3 Å². The standard InChI is InChI=1S/C23H21Cl2FN4O3.Mg/c1-3-20(31)30-8-6-13(7-9-30)33-19-10-14-17(11-18(19)32-2)27-12-28-23(14)29-16-5-4-15(24)21(25)22(16)26;/h3-5,10-13H,1,6-9H2,2H3,(H,27,28,29);/q;+2. The Morgan fingerprint density at radius 2 is 1.97 bits per heavy atom. The first kappa shape index (κ1) is 26.3. The molecule has 0 radical (unpaired) electrons. The molecule has 1 aliphatic heterocycles. The summed E-state index contributed by atoms with van der Waals surface area (Å²) in [6, 6.07) is 6.47. The molecular weight excluding hydrogens is 494 g/mol. The molecule has 0 unspecified atom stereocenters. The second kappa shape index (κ2) is 11.4. The van der Waals surface area contributed by atoms with Crippen molar-refractivity contribution in [2.45, 2.75) is 18.9 Å². The van der Waals surface area contributed by atoms with E-state index in [1.807, 2.05) is 0 Å². The van der Waals surface area contributed by atoms with Crippen molar-refractivity contribution in [1.29, 1.82) is 0 Å². The Labute approximate surface area is 222 Å². The number of fused-ring (bicyclic) bond motifs is 1. The molecule has 2 heterocycles. The van der Waals surface area contributed by atoms with Crippen molar-refractivity contribution < 1.29 is 18.7 Å². The molecule has 172 valence electrons. The number of hydrogen-bond acceptors (Lipinski definition) is 6. The summed E-state index contributed by atoms with van der Waals surface area (Å²) in [5, 5.41) is 3.51. The summed E-state index contributed by atoms with van der Waals surface area (Å²) in [6.45, 7) is 4.70. The third-order valence-electron chi connectivity index (χ3n) is 5.43. The van der Waals surface area contributed by atoms with Crippen LogP contribution in [-0.2, 0) is 4.79 Å². The van der Waals surface area contributed by atoms with Crippen LogP contribution in [0.1, 0.15) is 12.8 Å². The van der Waals surface area contributed by atoms with E-state index in [2.05, 4.69) is 21.9 Å². The molecule has 1 saturated heterocycles. The number of methoxy groups -OCH3 is 1. The van der Waals surface area contributed by atoms with Crippen LogP contribution in [0.2, 0.25) is 10.0 Å². The van der Waals surface area contributed by atoms with E-state index in [4.69, 9.17) is 32.7 Å². The fraction of sp³-hybridized carbons (Fsp3) is 0.261. The van der Waals surface area contributed by atoms with Gasteiger partial charge in [0.25, 0.3) is 0 Å². The summed E-state index contributed by atoms with van der Waals surface area (Å²) in [4.78, 5) is 22.1. The molecule has 3 aromatic rings. The van der Waals surface area contributed by atoms with E-state index >= 15 is 0 Å². The summed E-state index contributed by atoms with van der Waals surface area (Å²) in [5.74, 6) is 0.625. The quantitative estimate of drug-likeness (QED) is 0.283. The van der Waals surface area contributed by atoms with Gasteiger partial charge in [-0.2, -0.15) is 0 Å². The van der Waals surface area contributed by atoms with Gasteiger partial charge in [0.2, 0.25) is 5.91 Å². The Morgan fingerprint density at radius 1 is 1.24 bits per heavy atom. The topological polar surface area (TPSA) is 76.6 Å². The van der Waals surface area contributed by atoms with Gasteiger partial charge in [-0.1, -0.05) is 29.8 Å². The second-order valence-corrected chi connectivity index (χ2v) is 8.22. The number of ether oxygens (including phenoxy) is 2. The molecule has 4 rings (SSSR count). The number of carbonyl (C=O) groups is 1. The van der Waals surface area contributed by atoms with Gasteiger partial charge < -0.3 is 19.7 Å². The van der Waals surface area contributed by atoms with Crippen LogP contribution in [0.3, 0.4) is 0 Å². The smallest absolute Gasteiger partial charge is 0.493 e. The molecule has 11 heteroatoms. The molecule has 0 spiro atoms. The first-order chi connectivity index (χ1) is 15.9. The predicted molar refractivity (Wildman–Crippen MR) is 132 cm³/mol. The van der Waals surface area contributed by atoms with Gasteiger partial charge in [-0.05, 0) is 24.3 Å². The molecule has 0 bridgehead atoms. The summed E-state index contributed by atoms with van der Waals surface area (Å²) in [5.41, 5.74) is 0.713. The van der Waals surface area contributed by atoms with Gasteiger partial charge >= 0.3 is 23.1 Å². The monoisotopic (exact) mass is 514 g/mol. The van der Waals surface area contributed by atoms with Crippen molar-refractivity contribution in [2.24, 2.45) is 0 Å². The fourth-order valence-corrected chi connectivity index (χ4v) is 3.98. The Balaban J connectivity index is 0.00000324. The van der Waals surface area contributed by atoms with Crippen LogP contribution in [-0.4, -0.2) is 70.1 Å². The molecule has 1 N–H and O–H groups in total. The van der Waals surface area contributed by atoms with E-state index in [9.17, 15) is 9.18 Å². The first-order valence-corrected chi connectivity index (χ1v) is 11.0. The molecule has 0 atom stereocenters. The molecule has 1 fully saturated rings. The second-order valence-electron chi connectivity index (χ2n) is 7.44. The molecular formula is C23H21Cl2FMgN4O3+2. The number of aromatic nitrogens is 2. The molecule has 1 aromatic heterocycles. The Morgan fingerprint density at radius 3 is 2.65 bits per heavy atom. The number of hydrogen-bond donors (Lipinski definition) is 1. The molecule has 2 aromatic carbocycles. The zero-order chi connectivity index (χ0) is 23.5. The SMILES string of the molecule is C=CC(=O)N1CCC(Oc2cc3c(Nc4ccc(Cl)c(Cl)c4F)ncnc3cc2OC)CC1.[Mg+2]. The van der Waals surface area contributed by atoms with E-state index in [1.165, 1.54) is 24.5 Å². The largest absolute Gasteiger partial charge is 2.00 e. The minimum atomic E-state index is -0.679. The first-order valence-electron chi connectivity index (χ1n) is 10.2. The van der Waals surface area contributed by atoms with Crippen LogP contribution >= 0.6 is 23.2 Å². The maximum Gasteiger partial charge on any atom is 2.00 e. The van der Waals surface area contributed by atoms with Crippen LogP contribution in [0.4, 0.5) is 15.9 Å². The van der Waals surface area contributed by atoms with Gasteiger partial charge in [0.05, 0.1) is 28.4 Å². The third kappa shape index (κ3) is 5.49. The number of nitrogens with one attached hydrogen (secondary N) is 1. The molecule has 0 saturated carbocycles. The van der Waals surface area contributed by atoms with Crippen LogP contribution < -0.4 is 14.8 Å². The number of likely N-dealkylation sites (tertiary alicyclic amines) is 1. The number of carbonyl (C=O) groups excluding carboxylic acids is 1.